The van der Waals surface area contributed by atoms with Crippen LogP contribution in [0.1, 0.15) is 10.5 Å². The largest absolute Gasteiger partial charge is 0.408 e. The Bertz CT molecular complexity index is 792. The van der Waals surface area contributed by atoms with E-state index in [2.05, 4.69) is 10.1 Å². The number of aromatic nitrogens is 3. The van der Waals surface area contributed by atoms with Crippen molar-refractivity contribution < 1.29 is 27.8 Å². The zero-order chi connectivity index (χ0) is 18.2. The summed E-state index contributed by atoms with van der Waals surface area (Å²) in [6.07, 6.45) is -4.09. The molecule has 0 saturated carbocycles. The van der Waals surface area contributed by atoms with Gasteiger partial charge in [-0.25, -0.2) is 0 Å². The van der Waals surface area contributed by atoms with E-state index >= 15 is 0 Å². The number of nitrogen functional groups attached to an aromatic ring is 1. The summed E-state index contributed by atoms with van der Waals surface area (Å²) in [6.45, 7) is -0.647. The number of aliphatic hydroxyl groups excluding tert-OH is 1. The highest BCUT2D eigenvalue weighted by Crippen LogP contribution is 2.25. The lowest BCUT2D eigenvalue weighted by molar-refractivity contribution is -0.141. The number of carbonyl (C=O) groups excluding carboxylic acids is 1. The predicted molar refractivity (Wildman–Crippen MR) is 80.7 cm³/mol. The lowest BCUT2D eigenvalue weighted by Crippen LogP contribution is -2.38. The molecule has 1 aliphatic rings. The molecule has 0 aromatic carbocycles. The zero-order valence-electron chi connectivity index (χ0n) is 13.0. The average molecular weight is 359 g/mol. The number of nitrogens with two attached hydrogens (primary N) is 1. The number of carbonyl (C=O) groups is 1. The third-order valence-corrected chi connectivity index (χ3v) is 3.75. The summed E-state index contributed by atoms with van der Waals surface area (Å²) in [7, 11) is 0. The van der Waals surface area contributed by atoms with Gasteiger partial charge in [0.1, 0.15) is 12.2 Å². The van der Waals surface area contributed by atoms with E-state index in [9.17, 15) is 23.1 Å². The monoisotopic (exact) mass is 359 g/mol. The van der Waals surface area contributed by atoms with Crippen molar-refractivity contribution in [3.05, 3.63) is 18.0 Å². The van der Waals surface area contributed by atoms with Crippen LogP contribution >= 0.6 is 0 Å². The number of amides is 1. The maximum atomic E-state index is 12.7. The van der Waals surface area contributed by atoms with Crippen LogP contribution in [-0.4, -0.2) is 69.3 Å². The topological polar surface area (TPSA) is 106 Å². The maximum absolute atomic E-state index is 12.7. The van der Waals surface area contributed by atoms with Crippen LogP contribution in [0.2, 0.25) is 0 Å². The molecule has 0 spiro atoms. The molecular formula is C14H16F3N5O3. The summed E-state index contributed by atoms with van der Waals surface area (Å²) in [6, 6.07) is 1.23. The maximum Gasteiger partial charge on any atom is 0.408 e. The lowest BCUT2D eigenvalue weighted by Gasteiger charge is -2.20. The third-order valence-electron chi connectivity index (χ3n) is 3.75. The summed E-state index contributed by atoms with van der Waals surface area (Å²) in [5, 5.41) is 13.6. The van der Waals surface area contributed by atoms with E-state index in [4.69, 9.17) is 10.5 Å². The van der Waals surface area contributed by atoms with Gasteiger partial charge in [0.05, 0.1) is 30.2 Å². The normalized spacial score (nSPS) is 19.2. The van der Waals surface area contributed by atoms with Gasteiger partial charge in [-0.2, -0.15) is 18.3 Å². The number of anilines is 1. The minimum atomic E-state index is -4.48. The van der Waals surface area contributed by atoms with E-state index in [1.807, 2.05) is 0 Å². The van der Waals surface area contributed by atoms with Crippen LogP contribution in [0.3, 0.4) is 0 Å². The Morgan fingerprint density at radius 1 is 1.48 bits per heavy atom. The van der Waals surface area contributed by atoms with Crippen molar-refractivity contribution in [3.63, 3.8) is 0 Å². The molecule has 1 amide bonds. The number of rotatable bonds is 2. The first kappa shape index (κ1) is 17.4. The van der Waals surface area contributed by atoms with E-state index in [0.717, 1.165) is 0 Å². The first-order valence-electron chi connectivity index (χ1n) is 7.48. The van der Waals surface area contributed by atoms with Crippen molar-refractivity contribution >= 4 is 22.6 Å². The smallest absolute Gasteiger partial charge is 0.389 e. The van der Waals surface area contributed by atoms with Crippen molar-refractivity contribution in [2.24, 2.45) is 0 Å². The number of pyridine rings is 1. The number of ether oxygens (including phenoxy) is 1. The van der Waals surface area contributed by atoms with E-state index in [1.165, 1.54) is 17.2 Å². The van der Waals surface area contributed by atoms with Crippen LogP contribution in [0.15, 0.2) is 12.3 Å². The Balaban J connectivity index is 1.94. The zero-order valence-corrected chi connectivity index (χ0v) is 13.0. The Morgan fingerprint density at radius 2 is 2.24 bits per heavy atom. The van der Waals surface area contributed by atoms with Crippen LogP contribution in [-0.2, 0) is 11.3 Å². The van der Waals surface area contributed by atoms with Crippen molar-refractivity contribution in [2.45, 2.75) is 18.8 Å². The molecule has 0 bridgehead atoms. The molecule has 1 fully saturated rings. The first-order chi connectivity index (χ1) is 11.7. The minimum Gasteiger partial charge on any atom is -0.389 e. The Hall–Kier alpha value is -2.40. The molecule has 0 aliphatic carbocycles. The number of hydrogen-bond donors (Lipinski definition) is 2. The number of alkyl halides is 3. The lowest BCUT2D eigenvalue weighted by atomic mass is 10.2. The Morgan fingerprint density at radius 3 is 2.96 bits per heavy atom. The Labute approximate surface area is 140 Å². The van der Waals surface area contributed by atoms with Gasteiger partial charge in [-0.15, -0.1) is 0 Å². The summed E-state index contributed by atoms with van der Waals surface area (Å²) in [5.41, 5.74) is 5.64. The highest BCUT2D eigenvalue weighted by Gasteiger charge is 2.30. The van der Waals surface area contributed by atoms with Crippen molar-refractivity contribution in [1.29, 1.82) is 0 Å². The van der Waals surface area contributed by atoms with Crippen LogP contribution in [0.5, 0.6) is 0 Å². The molecule has 2 aromatic rings. The molecule has 3 N–H and O–H groups in total. The van der Waals surface area contributed by atoms with Crippen molar-refractivity contribution in [3.8, 4) is 0 Å². The first-order valence-corrected chi connectivity index (χ1v) is 7.48. The van der Waals surface area contributed by atoms with Gasteiger partial charge in [0.15, 0.2) is 5.82 Å². The molecule has 2 aromatic heterocycles. The van der Waals surface area contributed by atoms with Crippen LogP contribution < -0.4 is 5.73 Å². The number of fused-ring (bicyclic) bond motifs is 1. The van der Waals surface area contributed by atoms with Crippen molar-refractivity contribution in [2.75, 3.05) is 32.0 Å². The number of halogens is 3. The molecule has 1 aliphatic heterocycles. The number of nitrogens with zero attached hydrogens (tertiary/aromatic N) is 4. The van der Waals surface area contributed by atoms with E-state index in [1.54, 1.807) is 0 Å². The van der Waals surface area contributed by atoms with Gasteiger partial charge in [0.25, 0.3) is 5.91 Å². The Kier molecular flexibility index (Phi) is 4.52. The van der Waals surface area contributed by atoms with Gasteiger partial charge in [-0.1, -0.05) is 0 Å². The van der Waals surface area contributed by atoms with Gasteiger partial charge in [0, 0.05) is 19.3 Å². The SMILES string of the molecule is Nc1nn(CC(F)(F)F)c2cc(C(=O)N3CCOCC(O)C3)ncc12. The molecule has 25 heavy (non-hydrogen) atoms. The molecule has 1 saturated heterocycles. The fraction of sp³-hybridized carbons (Fsp3) is 0.500. The summed E-state index contributed by atoms with van der Waals surface area (Å²) >= 11 is 0. The van der Waals surface area contributed by atoms with E-state index in [-0.39, 0.29) is 48.7 Å². The van der Waals surface area contributed by atoms with Crippen LogP contribution in [0.4, 0.5) is 19.0 Å². The van der Waals surface area contributed by atoms with Crippen LogP contribution in [0.25, 0.3) is 10.9 Å². The molecule has 3 rings (SSSR count). The molecule has 136 valence electrons. The molecule has 11 heteroatoms. The second kappa shape index (κ2) is 6.48. The third kappa shape index (κ3) is 3.82. The fourth-order valence-electron chi connectivity index (χ4n) is 2.64. The fourth-order valence-corrected chi connectivity index (χ4v) is 2.64. The second-order valence-corrected chi connectivity index (χ2v) is 5.72. The van der Waals surface area contributed by atoms with Gasteiger partial charge < -0.3 is 20.5 Å². The highest BCUT2D eigenvalue weighted by molar-refractivity contribution is 5.97. The predicted octanol–water partition coefficient (Wildman–Crippen LogP) is 0.409. The van der Waals surface area contributed by atoms with Gasteiger partial charge in [-0.05, 0) is 6.07 Å². The van der Waals surface area contributed by atoms with E-state index in [0.29, 0.717) is 4.68 Å². The molecular weight excluding hydrogens is 343 g/mol. The number of β-amino-alcohol motifs (C(OH)–C–C–N with tert-alkyl or cyclic N) is 1. The molecule has 1 atom stereocenters. The standard InChI is InChI=1S/C14H16F3N5O3/c15-14(16,17)7-22-11-3-10(19-4-9(11)12(18)20-22)13(24)21-1-2-25-6-8(23)5-21/h3-4,8,23H,1-2,5-7H2,(H2,18,20). The van der Waals surface area contributed by atoms with Crippen LogP contribution in [0, 0.1) is 0 Å². The van der Waals surface area contributed by atoms with Gasteiger partial charge >= 0.3 is 6.18 Å². The van der Waals surface area contributed by atoms with E-state index < -0.39 is 24.7 Å². The summed E-state index contributed by atoms with van der Waals surface area (Å²) in [4.78, 5) is 17.9. The number of hydrogen-bond acceptors (Lipinski definition) is 6. The highest BCUT2D eigenvalue weighted by atomic mass is 19.4. The van der Waals surface area contributed by atoms with Crippen molar-refractivity contribution in [1.82, 2.24) is 19.7 Å². The summed E-state index contributed by atoms with van der Waals surface area (Å²) in [5.74, 6) is -0.603. The minimum absolute atomic E-state index is 0.0510. The van der Waals surface area contributed by atoms with Gasteiger partial charge in [0.2, 0.25) is 0 Å². The molecule has 3 heterocycles. The number of aliphatic hydroxyl groups is 1. The second-order valence-electron chi connectivity index (χ2n) is 5.72. The molecule has 8 nitrogen and oxygen atoms in total. The summed E-state index contributed by atoms with van der Waals surface area (Å²) < 4.78 is 43.9. The molecule has 0 radical (unpaired) electrons. The van der Waals surface area contributed by atoms with Gasteiger partial charge in [-0.3, -0.25) is 14.5 Å². The average Bonchev–Trinajstić information content (AvgIpc) is 2.70. The molecule has 1 unspecified atom stereocenters. The quantitative estimate of drug-likeness (QED) is 0.804.